The standard InChI is InChI=1S/C14H17N3O/c1-4-17-11(3)9-13(16-17)14(18)15-12-8-6-5-7-10(12)2/h5-9H,4H2,1-3H3,(H,15,18). The van der Waals surface area contributed by atoms with Crippen molar-refractivity contribution < 1.29 is 4.79 Å². The molecule has 0 aliphatic rings. The number of hydrogen-bond donors (Lipinski definition) is 1. The molecule has 0 fully saturated rings. The molecule has 0 spiro atoms. The first-order valence-electron chi connectivity index (χ1n) is 6.03. The van der Waals surface area contributed by atoms with Crippen LogP contribution in [0.5, 0.6) is 0 Å². The van der Waals surface area contributed by atoms with Gasteiger partial charge in [0.1, 0.15) is 0 Å². The Hall–Kier alpha value is -2.10. The van der Waals surface area contributed by atoms with E-state index in [1.54, 1.807) is 6.07 Å². The summed E-state index contributed by atoms with van der Waals surface area (Å²) in [5.74, 6) is -0.167. The third kappa shape index (κ3) is 2.42. The van der Waals surface area contributed by atoms with Gasteiger partial charge in [-0.25, -0.2) is 0 Å². The molecule has 4 heteroatoms. The minimum atomic E-state index is -0.167. The van der Waals surface area contributed by atoms with E-state index in [0.717, 1.165) is 23.5 Å². The molecular weight excluding hydrogens is 226 g/mol. The predicted octanol–water partition coefficient (Wildman–Crippen LogP) is 2.77. The second-order valence-corrected chi connectivity index (χ2v) is 4.26. The monoisotopic (exact) mass is 243 g/mol. The highest BCUT2D eigenvalue weighted by molar-refractivity contribution is 6.03. The summed E-state index contributed by atoms with van der Waals surface area (Å²) < 4.78 is 1.81. The van der Waals surface area contributed by atoms with E-state index in [-0.39, 0.29) is 5.91 Å². The fraction of sp³-hybridized carbons (Fsp3) is 0.286. The van der Waals surface area contributed by atoms with Crippen molar-refractivity contribution in [2.24, 2.45) is 0 Å². The second-order valence-electron chi connectivity index (χ2n) is 4.26. The van der Waals surface area contributed by atoms with Gasteiger partial charge in [0.25, 0.3) is 5.91 Å². The van der Waals surface area contributed by atoms with E-state index >= 15 is 0 Å². The second kappa shape index (κ2) is 5.04. The van der Waals surface area contributed by atoms with E-state index in [1.807, 2.05) is 49.7 Å². The van der Waals surface area contributed by atoms with E-state index in [2.05, 4.69) is 10.4 Å². The van der Waals surface area contributed by atoms with Gasteiger partial charge in [0.05, 0.1) is 0 Å². The van der Waals surface area contributed by atoms with Crippen molar-refractivity contribution >= 4 is 11.6 Å². The van der Waals surface area contributed by atoms with Gasteiger partial charge in [-0.05, 0) is 38.5 Å². The van der Waals surface area contributed by atoms with Gasteiger partial charge >= 0.3 is 0 Å². The van der Waals surface area contributed by atoms with E-state index in [9.17, 15) is 4.79 Å². The van der Waals surface area contributed by atoms with E-state index in [1.165, 1.54) is 0 Å². The van der Waals surface area contributed by atoms with Crippen molar-refractivity contribution in [1.29, 1.82) is 0 Å². The molecule has 2 rings (SSSR count). The molecule has 0 saturated carbocycles. The lowest BCUT2D eigenvalue weighted by Crippen LogP contribution is -2.14. The number of amides is 1. The van der Waals surface area contributed by atoms with Crippen molar-refractivity contribution in [3.8, 4) is 0 Å². The summed E-state index contributed by atoms with van der Waals surface area (Å²) in [4.78, 5) is 12.1. The van der Waals surface area contributed by atoms with Crippen LogP contribution in [-0.2, 0) is 6.54 Å². The van der Waals surface area contributed by atoms with Crippen LogP contribution in [0.3, 0.4) is 0 Å². The SMILES string of the molecule is CCn1nc(C(=O)Nc2ccccc2C)cc1C. The maximum Gasteiger partial charge on any atom is 0.276 e. The number of hydrogen-bond acceptors (Lipinski definition) is 2. The topological polar surface area (TPSA) is 46.9 Å². The van der Waals surface area contributed by atoms with Crippen LogP contribution in [0, 0.1) is 13.8 Å². The zero-order chi connectivity index (χ0) is 13.1. The molecule has 1 N–H and O–H groups in total. The van der Waals surface area contributed by atoms with Gasteiger partial charge in [0.2, 0.25) is 0 Å². The average molecular weight is 243 g/mol. The zero-order valence-electron chi connectivity index (χ0n) is 10.9. The van der Waals surface area contributed by atoms with E-state index in [0.29, 0.717) is 5.69 Å². The molecule has 18 heavy (non-hydrogen) atoms. The summed E-state index contributed by atoms with van der Waals surface area (Å²) in [6, 6.07) is 9.50. The smallest absolute Gasteiger partial charge is 0.276 e. The van der Waals surface area contributed by atoms with E-state index in [4.69, 9.17) is 0 Å². The summed E-state index contributed by atoms with van der Waals surface area (Å²) in [7, 11) is 0. The number of nitrogens with one attached hydrogen (secondary N) is 1. The highest BCUT2D eigenvalue weighted by Gasteiger charge is 2.12. The van der Waals surface area contributed by atoms with Crippen LogP contribution < -0.4 is 5.32 Å². The predicted molar refractivity (Wildman–Crippen MR) is 71.8 cm³/mol. The summed E-state index contributed by atoms with van der Waals surface area (Å²) in [5, 5.41) is 7.14. The first-order valence-corrected chi connectivity index (χ1v) is 6.03. The first kappa shape index (κ1) is 12.4. The molecule has 1 amide bonds. The molecule has 94 valence electrons. The fourth-order valence-electron chi connectivity index (χ4n) is 1.84. The number of aryl methyl sites for hydroxylation is 3. The normalized spacial score (nSPS) is 10.4. The molecule has 0 bridgehead atoms. The number of nitrogens with zero attached hydrogens (tertiary/aromatic N) is 2. The van der Waals surface area contributed by atoms with Gasteiger partial charge in [-0.3, -0.25) is 9.48 Å². The third-order valence-electron chi connectivity index (χ3n) is 2.91. The molecule has 0 aliphatic carbocycles. The molecule has 2 aromatic rings. The Labute approximate surface area is 107 Å². The highest BCUT2D eigenvalue weighted by atomic mass is 16.1. The third-order valence-corrected chi connectivity index (χ3v) is 2.91. The Kier molecular flexibility index (Phi) is 3.46. The van der Waals surface area contributed by atoms with Crippen LogP contribution in [0.15, 0.2) is 30.3 Å². The van der Waals surface area contributed by atoms with E-state index < -0.39 is 0 Å². The Morgan fingerprint density at radius 3 is 2.67 bits per heavy atom. The summed E-state index contributed by atoms with van der Waals surface area (Å²) in [6.07, 6.45) is 0. The Bertz CT molecular complexity index is 572. The molecule has 0 radical (unpaired) electrons. The number of benzene rings is 1. The molecule has 1 aromatic carbocycles. The summed E-state index contributed by atoms with van der Waals surface area (Å²) >= 11 is 0. The highest BCUT2D eigenvalue weighted by Crippen LogP contribution is 2.14. The van der Waals surface area contributed by atoms with Crippen molar-refractivity contribution in [1.82, 2.24) is 9.78 Å². The quantitative estimate of drug-likeness (QED) is 0.901. The first-order chi connectivity index (χ1) is 8.61. The van der Waals surface area contributed by atoms with Crippen LogP contribution >= 0.6 is 0 Å². The molecular formula is C14H17N3O. The minimum absolute atomic E-state index is 0.167. The zero-order valence-corrected chi connectivity index (χ0v) is 10.9. The van der Waals surface area contributed by atoms with Gasteiger partial charge in [0.15, 0.2) is 5.69 Å². The number of para-hydroxylation sites is 1. The van der Waals surface area contributed by atoms with Gasteiger partial charge in [-0.2, -0.15) is 5.10 Å². The van der Waals surface area contributed by atoms with Crippen molar-refractivity contribution in [3.63, 3.8) is 0 Å². The fourth-order valence-corrected chi connectivity index (χ4v) is 1.84. The molecule has 0 saturated heterocycles. The van der Waals surface area contributed by atoms with Crippen LogP contribution in [0.4, 0.5) is 5.69 Å². The molecule has 4 nitrogen and oxygen atoms in total. The maximum absolute atomic E-state index is 12.1. The number of rotatable bonds is 3. The Morgan fingerprint density at radius 2 is 2.06 bits per heavy atom. The molecule has 1 aromatic heterocycles. The number of aromatic nitrogens is 2. The summed E-state index contributed by atoms with van der Waals surface area (Å²) in [6.45, 7) is 6.68. The number of anilines is 1. The van der Waals surface area contributed by atoms with Crippen LogP contribution in [0.1, 0.15) is 28.7 Å². The van der Waals surface area contributed by atoms with Crippen LogP contribution in [0.2, 0.25) is 0 Å². The lowest BCUT2D eigenvalue weighted by molar-refractivity contribution is 0.102. The Balaban J connectivity index is 2.19. The summed E-state index contributed by atoms with van der Waals surface area (Å²) in [5.41, 5.74) is 3.31. The van der Waals surface area contributed by atoms with Gasteiger partial charge < -0.3 is 5.32 Å². The lowest BCUT2D eigenvalue weighted by Gasteiger charge is -2.06. The van der Waals surface area contributed by atoms with Crippen molar-refractivity contribution in [2.45, 2.75) is 27.3 Å². The van der Waals surface area contributed by atoms with Gasteiger partial charge in [-0.15, -0.1) is 0 Å². The van der Waals surface area contributed by atoms with Crippen LogP contribution in [0.25, 0.3) is 0 Å². The minimum Gasteiger partial charge on any atom is -0.320 e. The maximum atomic E-state index is 12.1. The largest absolute Gasteiger partial charge is 0.320 e. The van der Waals surface area contributed by atoms with Gasteiger partial charge in [-0.1, -0.05) is 18.2 Å². The lowest BCUT2D eigenvalue weighted by atomic mass is 10.2. The van der Waals surface area contributed by atoms with Gasteiger partial charge in [0, 0.05) is 17.9 Å². The molecule has 0 atom stereocenters. The van der Waals surface area contributed by atoms with Crippen molar-refractivity contribution in [2.75, 3.05) is 5.32 Å². The number of carbonyl (C=O) groups excluding carboxylic acids is 1. The Morgan fingerprint density at radius 1 is 1.33 bits per heavy atom. The molecule has 0 aliphatic heterocycles. The number of carbonyl (C=O) groups is 1. The van der Waals surface area contributed by atoms with Crippen LogP contribution in [-0.4, -0.2) is 15.7 Å². The molecule has 1 heterocycles. The average Bonchev–Trinajstić information content (AvgIpc) is 2.73. The molecule has 0 unspecified atom stereocenters. The van der Waals surface area contributed by atoms with Crippen molar-refractivity contribution in [3.05, 3.63) is 47.3 Å².